The van der Waals surface area contributed by atoms with Crippen molar-refractivity contribution < 1.29 is 33.8 Å². The van der Waals surface area contributed by atoms with Crippen molar-refractivity contribution in [3.63, 3.8) is 0 Å². The lowest BCUT2D eigenvalue weighted by Crippen LogP contribution is -2.56. The number of carboxylic acids is 1. The quantitative estimate of drug-likeness (QED) is 0.376. The zero-order chi connectivity index (χ0) is 33.5. The second kappa shape index (κ2) is 13.0. The summed E-state index contributed by atoms with van der Waals surface area (Å²) in [6.07, 6.45) is 8.62. The molecule has 2 saturated heterocycles. The number of benzene rings is 1. The van der Waals surface area contributed by atoms with Gasteiger partial charge in [0.1, 0.15) is 17.2 Å². The molecule has 1 saturated carbocycles. The highest BCUT2D eigenvalue weighted by Crippen LogP contribution is 2.46. The number of nitrogens with zero attached hydrogens (tertiary/aromatic N) is 3. The molecule has 2 N–H and O–H groups in total. The van der Waals surface area contributed by atoms with Gasteiger partial charge in [-0.15, -0.1) is 0 Å². The number of hydrogen-bond donors (Lipinski definition) is 2. The van der Waals surface area contributed by atoms with E-state index in [0.29, 0.717) is 39.0 Å². The van der Waals surface area contributed by atoms with E-state index in [1.165, 1.54) is 5.56 Å². The smallest absolute Gasteiger partial charge is 0.330 e. The molecular formula is C36H48N4O7. The summed E-state index contributed by atoms with van der Waals surface area (Å²) < 4.78 is 5.59. The van der Waals surface area contributed by atoms with Crippen LogP contribution in [0.2, 0.25) is 0 Å². The minimum atomic E-state index is -1.41. The van der Waals surface area contributed by atoms with E-state index >= 15 is 0 Å². The van der Waals surface area contributed by atoms with Gasteiger partial charge in [-0.3, -0.25) is 14.4 Å². The van der Waals surface area contributed by atoms with E-state index in [2.05, 4.69) is 11.4 Å². The molecular weight excluding hydrogens is 600 g/mol. The Morgan fingerprint density at radius 2 is 1.79 bits per heavy atom. The maximum absolute atomic E-state index is 14.3. The number of ether oxygens (including phenoxy) is 1. The lowest BCUT2D eigenvalue weighted by molar-refractivity contribution is -0.159. The van der Waals surface area contributed by atoms with Crippen LogP contribution in [0.25, 0.3) is 0 Å². The first-order valence-electron chi connectivity index (χ1n) is 17.2. The third kappa shape index (κ3) is 6.90. The molecule has 1 aromatic carbocycles. The molecule has 11 nitrogen and oxygen atoms in total. The van der Waals surface area contributed by atoms with Gasteiger partial charge in [0.05, 0.1) is 6.42 Å². The van der Waals surface area contributed by atoms with Crippen LogP contribution in [0.1, 0.15) is 76.8 Å². The van der Waals surface area contributed by atoms with Gasteiger partial charge in [0.25, 0.3) is 0 Å². The molecule has 3 fully saturated rings. The average Bonchev–Trinajstić information content (AvgIpc) is 3.37. The lowest BCUT2D eigenvalue weighted by Gasteiger charge is -2.35. The van der Waals surface area contributed by atoms with Crippen LogP contribution in [-0.4, -0.2) is 93.0 Å². The van der Waals surface area contributed by atoms with Crippen LogP contribution in [0.15, 0.2) is 36.4 Å². The van der Waals surface area contributed by atoms with Crippen molar-refractivity contribution in [2.75, 3.05) is 26.2 Å². The van der Waals surface area contributed by atoms with Gasteiger partial charge in [0, 0.05) is 56.4 Å². The Balaban J connectivity index is 1.25. The summed E-state index contributed by atoms with van der Waals surface area (Å²) in [5, 5.41) is 13.1. The molecule has 6 atom stereocenters. The third-order valence-electron chi connectivity index (χ3n) is 10.6. The molecule has 254 valence electrons. The summed E-state index contributed by atoms with van der Waals surface area (Å²) in [6, 6.07) is 7.10. The van der Waals surface area contributed by atoms with Gasteiger partial charge in [-0.1, -0.05) is 49.3 Å². The number of allylic oxidation sites excluding steroid dienone is 1. The Labute approximate surface area is 276 Å². The number of esters is 1. The number of aliphatic carboxylic acids is 1. The van der Waals surface area contributed by atoms with Crippen molar-refractivity contribution in [1.29, 1.82) is 0 Å². The van der Waals surface area contributed by atoms with E-state index in [1.54, 1.807) is 30.6 Å². The van der Waals surface area contributed by atoms with E-state index in [9.17, 15) is 29.1 Å². The van der Waals surface area contributed by atoms with Crippen LogP contribution in [0.3, 0.4) is 0 Å². The van der Waals surface area contributed by atoms with Crippen LogP contribution in [0.5, 0.6) is 0 Å². The predicted octanol–water partition coefficient (Wildman–Crippen LogP) is 3.75. The van der Waals surface area contributed by atoms with Gasteiger partial charge in [0.15, 0.2) is 0 Å². The lowest BCUT2D eigenvalue weighted by atomic mass is 9.92. The molecule has 0 aromatic heterocycles. The molecule has 1 aliphatic carbocycles. The fraction of sp³-hybridized carbons (Fsp3) is 0.639. The first-order valence-corrected chi connectivity index (χ1v) is 17.2. The normalized spacial score (nSPS) is 31.7. The molecule has 0 bridgehead atoms. The SMILES string of the molecule is CC(C)(C)OC(=O)C[C@@H]1CCCCC/C=C\[C@@H]2C[C@@]2(C(=O)O)NC(=O)[C@@H]2[C@H]3CN(C(=O)N4CCc5ccccc5C4)C[C@H]3CN2C1=O. The molecule has 1 aromatic rings. The van der Waals surface area contributed by atoms with Gasteiger partial charge in [0.2, 0.25) is 11.8 Å². The second-order valence-electron chi connectivity index (χ2n) is 15.1. The molecule has 11 heteroatoms. The van der Waals surface area contributed by atoms with Crippen LogP contribution >= 0.6 is 0 Å². The maximum atomic E-state index is 14.3. The van der Waals surface area contributed by atoms with Crippen molar-refractivity contribution in [2.24, 2.45) is 23.7 Å². The Bertz CT molecular complexity index is 1450. The monoisotopic (exact) mass is 648 g/mol. The minimum absolute atomic E-state index is 0.0819. The summed E-state index contributed by atoms with van der Waals surface area (Å²) in [5.74, 6) is -3.80. The Hall–Kier alpha value is -3.89. The Morgan fingerprint density at radius 1 is 1.02 bits per heavy atom. The number of carboxylic acid groups (broad SMARTS) is 1. The summed E-state index contributed by atoms with van der Waals surface area (Å²) in [4.78, 5) is 73.0. The fourth-order valence-electron chi connectivity index (χ4n) is 8.10. The van der Waals surface area contributed by atoms with E-state index in [1.807, 2.05) is 35.3 Å². The van der Waals surface area contributed by atoms with E-state index < -0.39 is 40.9 Å². The molecule has 6 rings (SSSR count). The summed E-state index contributed by atoms with van der Waals surface area (Å²) in [6.45, 7) is 7.47. The van der Waals surface area contributed by atoms with Crippen LogP contribution in [0.4, 0.5) is 4.79 Å². The van der Waals surface area contributed by atoms with Crippen molar-refractivity contribution >= 4 is 29.8 Å². The molecule has 5 aliphatic rings. The van der Waals surface area contributed by atoms with Crippen molar-refractivity contribution in [1.82, 2.24) is 20.0 Å². The number of urea groups is 1. The number of rotatable bonds is 3. The third-order valence-corrected chi connectivity index (χ3v) is 10.6. The van der Waals surface area contributed by atoms with Crippen molar-refractivity contribution in [2.45, 2.75) is 95.9 Å². The molecule has 4 aliphatic heterocycles. The average molecular weight is 649 g/mol. The Kier molecular flexibility index (Phi) is 9.11. The minimum Gasteiger partial charge on any atom is -0.479 e. The van der Waals surface area contributed by atoms with Gasteiger partial charge in [-0.2, -0.15) is 0 Å². The highest BCUT2D eigenvalue weighted by atomic mass is 16.6. The van der Waals surface area contributed by atoms with Crippen LogP contribution in [-0.2, 0) is 36.9 Å². The second-order valence-corrected chi connectivity index (χ2v) is 15.1. The first kappa shape index (κ1) is 33.0. The molecule has 4 heterocycles. The standard InChI is InChI=1S/C36H48N4O7/c1-35(2,3)47-29(41)17-24-12-7-5-4-6-8-14-27-18-36(27,33(44)45)37-31(42)30-28-22-39(20-26(28)21-40(30)32(24)43)34(46)38-16-15-23-11-9-10-13-25(23)19-38/h8-11,13-14,24,26-28,30H,4-7,12,15-22H2,1-3H3,(H,37,42)(H,44,45)/b14-8-/t24-,26-,27+,28-,30-,36+/m0/s1. The van der Waals surface area contributed by atoms with Crippen LogP contribution < -0.4 is 5.32 Å². The number of fused-ring (bicyclic) bond motifs is 5. The first-order chi connectivity index (χ1) is 22.4. The molecule has 0 radical (unpaired) electrons. The predicted molar refractivity (Wildman–Crippen MR) is 173 cm³/mol. The molecule has 47 heavy (non-hydrogen) atoms. The van der Waals surface area contributed by atoms with E-state index in [0.717, 1.165) is 37.7 Å². The van der Waals surface area contributed by atoms with Crippen LogP contribution in [0, 0.1) is 23.7 Å². The van der Waals surface area contributed by atoms with Gasteiger partial charge in [-0.25, -0.2) is 9.59 Å². The number of amides is 4. The van der Waals surface area contributed by atoms with Crippen molar-refractivity contribution in [3.8, 4) is 0 Å². The number of carbonyl (C=O) groups excluding carboxylic acids is 4. The Morgan fingerprint density at radius 3 is 2.53 bits per heavy atom. The molecule has 0 unspecified atom stereocenters. The molecule has 4 amide bonds. The number of nitrogens with one attached hydrogen (secondary N) is 1. The van der Waals surface area contributed by atoms with Crippen molar-refractivity contribution in [3.05, 3.63) is 47.5 Å². The van der Waals surface area contributed by atoms with Gasteiger partial charge >= 0.3 is 18.0 Å². The summed E-state index contributed by atoms with van der Waals surface area (Å²) in [5.41, 5.74) is 0.272. The van der Waals surface area contributed by atoms with Gasteiger partial charge in [-0.05, 0) is 64.0 Å². The van der Waals surface area contributed by atoms with E-state index in [4.69, 9.17) is 4.74 Å². The van der Waals surface area contributed by atoms with Gasteiger partial charge < -0.3 is 29.9 Å². The highest BCUT2D eigenvalue weighted by molar-refractivity contribution is 5.96. The topological polar surface area (TPSA) is 137 Å². The maximum Gasteiger partial charge on any atom is 0.330 e. The zero-order valence-electron chi connectivity index (χ0n) is 27.8. The number of likely N-dealkylation sites (tertiary alicyclic amines) is 1. The fourth-order valence-corrected chi connectivity index (χ4v) is 8.10. The van der Waals surface area contributed by atoms with E-state index in [-0.39, 0.29) is 42.7 Å². The zero-order valence-corrected chi connectivity index (χ0v) is 27.8. The summed E-state index contributed by atoms with van der Waals surface area (Å²) >= 11 is 0. The molecule has 0 spiro atoms. The largest absolute Gasteiger partial charge is 0.479 e. The highest BCUT2D eigenvalue weighted by Gasteiger charge is 2.62. The number of hydrogen-bond acceptors (Lipinski definition) is 6. The summed E-state index contributed by atoms with van der Waals surface area (Å²) in [7, 11) is 0. The number of carbonyl (C=O) groups is 5.